The molecule has 1 N–H and O–H groups in total. The molecule has 4 aromatic rings. The summed E-state index contributed by atoms with van der Waals surface area (Å²) in [7, 11) is 0. The van der Waals surface area contributed by atoms with Crippen LogP contribution >= 0.6 is 11.3 Å². The molecule has 3 aliphatic heterocycles. The van der Waals surface area contributed by atoms with Crippen molar-refractivity contribution in [1.82, 2.24) is 19.9 Å². The molecule has 0 bridgehead atoms. The molecule has 7 rings (SSSR count). The Morgan fingerprint density at radius 1 is 1.16 bits per heavy atom. The predicted molar refractivity (Wildman–Crippen MR) is 163 cm³/mol. The van der Waals surface area contributed by atoms with Gasteiger partial charge in [0.15, 0.2) is 11.6 Å². The predicted octanol–water partition coefficient (Wildman–Crippen LogP) is 6.11. The Kier molecular flexibility index (Phi) is 7.10. The molecule has 0 saturated carbocycles. The van der Waals surface area contributed by atoms with Crippen molar-refractivity contribution in [3.8, 4) is 17.3 Å². The Labute approximate surface area is 256 Å². The summed E-state index contributed by atoms with van der Waals surface area (Å²) in [6.45, 7) is 9.22. The number of benzene rings is 1. The highest BCUT2D eigenvalue weighted by molar-refractivity contribution is 7.23. The molecule has 0 aliphatic carbocycles. The van der Waals surface area contributed by atoms with Gasteiger partial charge in [-0.2, -0.15) is 5.26 Å². The van der Waals surface area contributed by atoms with Crippen LogP contribution in [0.1, 0.15) is 56.7 Å². The summed E-state index contributed by atoms with van der Waals surface area (Å²) in [5.41, 5.74) is 0.790. The number of aromatic nitrogens is 3. The van der Waals surface area contributed by atoms with Crippen molar-refractivity contribution in [2.45, 2.75) is 64.9 Å². The summed E-state index contributed by atoms with van der Waals surface area (Å²) < 4.78 is 43.1. The van der Waals surface area contributed by atoms with Gasteiger partial charge in [0.25, 0.3) is 0 Å². The van der Waals surface area contributed by atoms with E-state index in [1.165, 1.54) is 12.8 Å². The molecule has 0 unspecified atom stereocenters. The molecule has 1 amide bonds. The van der Waals surface area contributed by atoms with Gasteiger partial charge in [0, 0.05) is 41.7 Å². The van der Waals surface area contributed by atoms with E-state index in [2.05, 4.69) is 31.2 Å². The molecule has 1 aromatic carbocycles. The Morgan fingerprint density at radius 2 is 1.93 bits per heavy atom. The van der Waals surface area contributed by atoms with E-state index >= 15 is 8.78 Å². The first-order chi connectivity index (χ1) is 21.1. The molecule has 13 heteroatoms. The first-order valence-electron chi connectivity index (χ1n) is 14.7. The molecule has 6 heterocycles. The first kappa shape index (κ1) is 28.8. The van der Waals surface area contributed by atoms with E-state index in [4.69, 9.17) is 14.5 Å². The van der Waals surface area contributed by atoms with E-state index in [0.29, 0.717) is 22.9 Å². The van der Waals surface area contributed by atoms with Crippen LogP contribution in [0, 0.1) is 23.0 Å². The maximum atomic E-state index is 16.8. The molecular weight excluding hydrogens is 588 g/mol. The number of halogens is 2. The molecule has 3 aliphatic rings. The smallest absolute Gasteiger partial charge is 0.412 e. The lowest BCUT2D eigenvalue weighted by molar-refractivity contribution is 0.0636. The van der Waals surface area contributed by atoms with E-state index < -0.39 is 23.3 Å². The minimum absolute atomic E-state index is 0.0292. The third-order valence-electron chi connectivity index (χ3n) is 8.42. The highest BCUT2D eigenvalue weighted by Gasteiger charge is 2.33. The van der Waals surface area contributed by atoms with Gasteiger partial charge in [-0.25, -0.2) is 23.5 Å². The van der Waals surface area contributed by atoms with E-state index in [9.17, 15) is 10.1 Å². The lowest BCUT2D eigenvalue weighted by Gasteiger charge is -2.23. The van der Waals surface area contributed by atoms with E-state index in [-0.39, 0.29) is 50.6 Å². The Balaban J connectivity index is 1.35. The zero-order valence-corrected chi connectivity index (χ0v) is 25.5. The van der Waals surface area contributed by atoms with Crippen LogP contribution in [0.2, 0.25) is 0 Å². The monoisotopic (exact) mass is 619 g/mol. The number of anilines is 2. The zero-order valence-electron chi connectivity index (χ0n) is 24.7. The Bertz CT molecular complexity index is 1860. The Hall–Kier alpha value is -3.99. The van der Waals surface area contributed by atoms with E-state index in [0.717, 1.165) is 55.7 Å². The van der Waals surface area contributed by atoms with Crippen LogP contribution in [0.5, 0.6) is 0 Å². The number of thiophene rings is 1. The van der Waals surface area contributed by atoms with Crippen LogP contribution < -0.4 is 10.2 Å². The fourth-order valence-electron chi connectivity index (χ4n) is 6.48. The zero-order chi connectivity index (χ0) is 30.7. The highest BCUT2D eigenvalue weighted by Crippen LogP contribution is 2.46. The average Bonchev–Trinajstić information content (AvgIpc) is 3.79. The number of rotatable bonds is 4. The first-order valence-corrected chi connectivity index (χ1v) is 15.5. The number of amides is 1. The molecular formula is C31H31F2N7O3S. The summed E-state index contributed by atoms with van der Waals surface area (Å²) in [4.78, 5) is 30.8. The second-order valence-electron chi connectivity index (χ2n) is 12.4. The van der Waals surface area contributed by atoms with Crippen molar-refractivity contribution in [2.75, 3.05) is 36.4 Å². The van der Waals surface area contributed by atoms with Crippen molar-refractivity contribution in [3.05, 3.63) is 40.7 Å². The van der Waals surface area contributed by atoms with Gasteiger partial charge in [0.1, 0.15) is 22.2 Å². The van der Waals surface area contributed by atoms with Gasteiger partial charge < -0.3 is 14.4 Å². The fourth-order valence-corrected chi connectivity index (χ4v) is 7.52. The van der Waals surface area contributed by atoms with Crippen LogP contribution in [0.25, 0.3) is 32.2 Å². The summed E-state index contributed by atoms with van der Waals surface area (Å²) >= 11 is 0.871. The number of ether oxygens (including phenoxy) is 2. The number of carbonyl (C=O) groups is 1. The highest BCUT2D eigenvalue weighted by atomic mass is 32.1. The second kappa shape index (κ2) is 10.9. The van der Waals surface area contributed by atoms with Crippen molar-refractivity contribution in [2.24, 2.45) is 0 Å². The number of nitrogens with one attached hydrogen (secondary N) is 1. The number of pyridine rings is 1. The summed E-state index contributed by atoms with van der Waals surface area (Å²) in [5, 5.41) is 13.5. The quantitative estimate of drug-likeness (QED) is 0.289. The van der Waals surface area contributed by atoms with E-state index in [1.807, 2.05) is 0 Å². The van der Waals surface area contributed by atoms with Crippen LogP contribution in [0.4, 0.5) is 24.5 Å². The van der Waals surface area contributed by atoms with Crippen molar-refractivity contribution < 1.29 is 23.0 Å². The minimum atomic E-state index is -0.792. The molecule has 2 fully saturated rings. The van der Waals surface area contributed by atoms with Gasteiger partial charge in [0.2, 0.25) is 5.95 Å². The molecule has 2 saturated heterocycles. The van der Waals surface area contributed by atoms with Crippen LogP contribution in [-0.4, -0.2) is 63.8 Å². The summed E-state index contributed by atoms with van der Waals surface area (Å²) in [6.07, 6.45) is 5.30. The lowest BCUT2D eigenvalue weighted by Crippen LogP contribution is -2.35. The number of likely N-dealkylation sites (tertiary alicyclic amines) is 1. The van der Waals surface area contributed by atoms with Gasteiger partial charge in [-0.05, 0) is 64.3 Å². The SMILES string of the molecule is CC(C)(C)OC(=O)Nc1sc2c(F)cnc(-c3c4c(c5cnc(N6CC[C@@H](N7CCCC7)C6)nc5c3F)COC4)c2c1C#N. The number of fused-ring (bicyclic) bond motifs is 4. The third-order valence-corrected chi connectivity index (χ3v) is 9.54. The van der Waals surface area contributed by atoms with Gasteiger partial charge in [0.05, 0.1) is 35.4 Å². The number of nitriles is 1. The maximum absolute atomic E-state index is 16.8. The van der Waals surface area contributed by atoms with Gasteiger partial charge in [-0.15, -0.1) is 11.3 Å². The molecule has 44 heavy (non-hydrogen) atoms. The average molecular weight is 620 g/mol. The van der Waals surface area contributed by atoms with Crippen molar-refractivity contribution in [3.63, 3.8) is 0 Å². The van der Waals surface area contributed by atoms with Gasteiger partial charge in [-0.3, -0.25) is 15.2 Å². The Morgan fingerprint density at radius 3 is 2.68 bits per heavy atom. The molecule has 0 spiro atoms. The maximum Gasteiger partial charge on any atom is 0.412 e. The standard InChI is InChI=1S/C31H31F2N7O3S/c1-31(2,3)43-30(41)38-28-17(10-34)23-26(35-12-21(32)27(23)44-28)22-20-15-42-14-19(20)18-11-36-29(37-25(18)24(22)33)40-9-6-16(13-40)39-7-4-5-8-39/h11-12,16H,4-9,13-15H2,1-3H3,(H,38,41)/t16-/m1/s1. The van der Waals surface area contributed by atoms with Crippen molar-refractivity contribution in [1.29, 1.82) is 5.26 Å². The third kappa shape index (κ3) is 4.91. The summed E-state index contributed by atoms with van der Waals surface area (Å²) in [5.74, 6) is -0.875. The fraction of sp³-hybridized carbons (Fsp3) is 0.452. The van der Waals surface area contributed by atoms with Crippen molar-refractivity contribution >= 4 is 49.4 Å². The lowest BCUT2D eigenvalue weighted by atomic mass is 9.94. The van der Waals surface area contributed by atoms with Gasteiger partial charge >= 0.3 is 6.09 Å². The van der Waals surface area contributed by atoms with Crippen LogP contribution in [-0.2, 0) is 22.7 Å². The normalized spacial score (nSPS) is 18.7. The molecule has 1 atom stereocenters. The molecule has 10 nitrogen and oxygen atoms in total. The summed E-state index contributed by atoms with van der Waals surface area (Å²) in [6, 6.07) is 2.49. The van der Waals surface area contributed by atoms with Crippen LogP contribution in [0.3, 0.4) is 0 Å². The number of carbonyl (C=O) groups excluding carboxylic acids is 1. The largest absolute Gasteiger partial charge is 0.444 e. The topological polar surface area (TPSA) is 116 Å². The van der Waals surface area contributed by atoms with E-state index in [1.54, 1.807) is 27.0 Å². The number of hydrogen-bond acceptors (Lipinski definition) is 10. The second-order valence-corrected chi connectivity index (χ2v) is 13.4. The molecule has 0 radical (unpaired) electrons. The minimum Gasteiger partial charge on any atom is -0.444 e. The van der Waals surface area contributed by atoms with Crippen LogP contribution in [0.15, 0.2) is 12.4 Å². The molecule has 3 aromatic heterocycles. The van der Waals surface area contributed by atoms with Gasteiger partial charge in [-0.1, -0.05) is 0 Å². The number of nitrogens with zero attached hydrogens (tertiary/aromatic N) is 6. The molecule has 228 valence electrons. The number of hydrogen-bond donors (Lipinski definition) is 1.